The van der Waals surface area contributed by atoms with Gasteiger partial charge in [-0.3, -0.25) is 4.79 Å². The van der Waals surface area contributed by atoms with E-state index in [1.165, 1.54) is 44.1 Å². The summed E-state index contributed by atoms with van der Waals surface area (Å²) in [6, 6.07) is 14.3. The Bertz CT molecular complexity index is 1170. The Labute approximate surface area is 245 Å². The van der Waals surface area contributed by atoms with Crippen molar-refractivity contribution < 1.29 is 28.6 Å². The molecule has 0 saturated carbocycles. The van der Waals surface area contributed by atoms with Gasteiger partial charge < -0.3 is 19.5 Å². The molecule has 0 aromatic heterocycles. The van der Waals surface area contributed by atoms with Gasteiger partial charge in [0, 0.05) is 5.56 Å². The lowest BCUT2D eigenvalue weighted by molar-refractivity contribution is -0.154. The highest BCUT2D eigenvalue weighted by atomic mass is 16.6. The molecular weight excluding hydrogens is 518 g/mol. The first-order valence-electron chi connectivity index (χ1n) is 14.6. The van der Waals surface area contributed by atoms with Crippen molar-refractivity contribution in [1.29, 1.82) is 0 Å². The first-order valence-corrected chi connectivity index (χ1v) is 14.6. The molecule has 0 saturated heterocycles. The summed E-state index contributed by atoms with van der Waals surface area (Å²) in [7, 11) is 0. The molecule has 0 heterocycles. The quantitative estimate of drug-likeness (QED) is 0.107. The van der Waals surface area contributed by atoms with Crippen LogP contribution >= 0.6 is 0 Å². The van der Waals surface area contributed by atoms with E-state index in [-0.39, 0.29) is 17.4 Å². The molecule has 0 aliphatic rings. The summed E-state index contributed by atoms with van der Waals surface area (Å²) in [6.07, 6.45) is 10.8. The second kappa shape index (κ2) is 16.0. The van der Waals surface area contributed by atoms with Crippen LogP contribution in [0, 0.1) is 0 Å². The van der Waals surface area contributed by atoms with E-state index in [9.17, 15) is 14.4 Å². The number of amides is 1. The van der Waals surface area contributed by atoms with Gasteiger partial charge in [0.2, 0.25) is 5.76 Å². The Balaban J connectivity index is 2.11. The first-order chi connectivity index (χ1) is 19.3. The van der Waals surface area contributed by atoms with E-state index in [1.54, 1.807) is 65.8 Å². The predicted octanol–water partition coefficient (Wildman–Crippen LogP) is 8.18. The zero-order valence-corrected chi connectivity index (χ0v) is 25.8. The molecule has 0 spiro atoms. The summed E-state index contributed by atoms with van der Waals surface area (Å²) >= 11 is 0. The maximum atomic E-state index is 13.1. The smallest absolute Gasteiger partial charge is 0.375 e. The van der Waals surface area contributed by atoms with Crippen LogP contribution in [0.25, 0.3) is 0 Å². The molecule has 7 nitrogen and oxygen atoms in total. The number of hydrogen-bond donors (Lipinski definition) is 1. The van der Waals surface area contributed by atoms with Gasteiger partial charge in [-0.2, -0.15) is 0 Å². The summed E-state index contributed by atoms with van der Waals surface area (Å²) in [5.74, 6) is -2.08. The Morgan fingerprint density at radius 2 is 1.34 bits per heavy atom. The largest absolute Gasteiger partial charge is 0.457 e. The number of rotatable bonds is 14. The average molecular weight is 566 g/mol. The molecule has 7 heteroatoms. The van der Waals surface area contributed by atoms with Crippen molar-refractivity contribution in [1.82, 2.24) is 0 Å². The lowest BCUT2D eigenvalue weighted by Gasteiger charge is -2.22. The van der Waals surface area contributed by atoms with E-state index in [0.29, 0.717) is 11.3 Å². The second-order valence-corrected chi connectivity index (χ2v) is 12.2. The van der Waals surface area contributed by atoms with E-state index in [2.05, 4.69) is 12.2 Å². The molecule has 2 aromatic carbocycles. The third kappa shape index (κ3) is 13.5. The van der Waals surface area contributed by atoms with E-state index in [0.717, 1.165) is 18.9 Å². The highest BCUT2D eigenvalue weighted by Crippen LogP contribution is 2.27. The van der Waals surface area contributed by atoms with Gasteiger partial charge in [-0.05, 0) is 84.2 Å². The average Bonchev–Trinajstić information content (AvgIpc) is 2.87. The number of ether oxygens (including phenoxy) is 3. The van der Waals surface area contributed by atoms with Crippen LogP contribution in [-0.4, -0.2) is 29.0 Å². The molecule has 0 unspecified atom stereocenters. The number of unbranched alkanes of at least 4 members (excludes halogenated alkanes) is 6. The molecule has 0 bridgehead atoms. The molecule has 0 aliphatic heterocycles. The Morgan fingerprint density at radius 3 is 1.95 bits per heavy atom. The van der Waals surface area contributed by atoms with Crippen molar-refractivity contribution in [2.45, 2.75) is 111 Å². The summed E-state index contributed by atoms with van der Waals surface area (Å²) < 4.78 is 16.6. The van der Waals surface area contributed by atoms with E-state index in [1.807, 2.05) is 24.3 Å². The zero-order chi connectivity index (χ0) is 30.5. The van der Waals surface area contributed by atoms with Crippen LogP contribution in [0.2, 0.25) is 0 Å². The number of carbonyl (C=O) groups excluding carboxylic acids is 3. The lowest BCUT2D eigenvalue weighted by Crippen LogP contribution is -2.28. The molecular formula is C34H47NO6. The van der Waals surface area contributed by atoms with Crippen molar-refractivity contribution in [2.75, 3.05) is 5.32 Å². The predicted molar refractivity (Wildman–Crippen MR) is 163 cm³/mol. The van der Waals surface area contributed by atoms with Crippen LogP contribution in [-0.2, 0) is 25.5 Å². The zero-order valence-electron chi connectivity index (χ0n) is 25.8. The molecule has 2 rings (SSSR count). The van der Waals surface area contributed by atoms with Gasteiger partial charge in [-0.1, -0.05) is 69.7 Å². The number of benzene rings is 2. The third-order valence-electron chi connectivity index (χ3n) is 5.90. The van der Waals surface area contributed by atoms with Crippen molar-refractivity contribution in [3.05, 3.63) is 71.5 Å². The molecule has 1 N–H and O–H groups in total. The normalized spacial score (nSPS) is 12.0. The van der Waals surface area contributed by atoms with E-state index >= 15 is 0 Å². The second-order valence-electron chi connectivity index (χ2n) is 12.2. The molecule has 0 fully saturated rings. The summed E-state index contributed by atoms with van der Waals surface area (Å²) in [5.41, 5.74) is 0.459. The number of hydrogen-bond acceptors (Lipinski definition) is 6. The molecule has 2 aromatic rings. The number of carbonyl (C=O) groups is 3. The van der Waals surface area contributed by atoms with Crippen LogP contribution in [0.4, 0.5) is 5.69 Å². The van der Waals surface area contributed by atoms with Crippen molar-refractivity contribution >= 4 is 23.5 Å². The van der Waals surface area contributed by atoms with Gasteiger partial charge in [-0.25, -0.2) is 9.59 Å². The summed E-state index contributed by atoms with van der Waals surface area (Å²) in [4.78, 5) is 38.4. The monoisotopic (exact) mass is 565 g/mol. The molecule has 0 radical (unpaired) electrons. The minimum absolute atomic E-state index is 0.178. The number of nitrogens with one attached hydrogen (secondary N) is 1. The van der Waals surface area contributed by atoms with Gasteiger partial charge in [0.1, 0.15) is 11.2 Å². The van der Waals surface area contributed by atoms with Crippen LogP contribution in [0.1, 0.15) is 109 Å². The Morgan fingerprint density at radius 1 is 0.756 bits per heavy atom. The van der Waals surface area contributed by atoms with Crippen LogP contribution in [0.3, 0.4) is 0 Å². The summed E-state index contributed by atoms with van der Waals surface area (Å²) in [6.45, 7) is 12.5. The lowest BCUT2D eigenvalue weighted by atomic mass is 10.0. The van der Waals surface area contributed by atoms with Crippen molar-refractivity contribution in [3.63, 3.8) is 0 Å². The van der Waals surface area contributed by atoms with Gasteiger partial charge in [0.25, 0.3) is 5.91 Å². The third-order valence-corrected chi connectivity index (χ3v) is 5.90. The van der Waals surface area contributed by atoms with Gasteiger partial charge in [0.15, 0.2) is 5.75 Å². The number of para-hydroxylation sites is 2. The van der Waals surface area contributed by atoms with E-state index < -0.39 is 23.1 Å². The van der Waals surface area contributed by atoms with Crippen LogP contribution < -0.4 is 10.1 Å². The molecule has 224 valence electrons. The standard InChI is InChI=1S/C34H47NO6/c1-8-9-10-11-12-13-14-17-25-20-22-26(23-21-25)31(37)35-27-18-15-16-19-28(27)39-29(32(38)41-34(5,6)7)24-30(36)40-33(2,3)4/h15-16,18-24H,8-14,17H2,1-7H3,(H,35,37)/b29-24-. The number of anilines is 1. The number of aryl methyl sites for hydroxylation is 1. The molecule has 41 heavy (non-hydrogen) atoms. The fourth-order valence-electron chi connectivity index (χ4n) is 3.98. The maximum absolute atomic E-state index is 13.1. The van der Waals surface area contributed by atoms with Crippen molar-refractivity contribution in [2.24, 2.45) is 0 Å². The highest BCUT2D eigenvalue weighted by molar-refractivity contribution is 6.05. The van der Waals surface area contributed by atoms with Crippen LogP contribution in [0.15, 0.2) is 60.4 Å². The maximum Gasteiger partial charge on any atom is 0.375 e. The van der Waals surface area contributed by atoms with E-state index in [4.69, 9.17) is 14.2 Å². The highest BCUT2D eigenvalue weighted by Gasteiger charge is 2.25. The Kier molecular flexibility index (Phi) is 13.1. The SMILES string of the molecule is CCCCCCCCCc1ccc(C(=O)Nc2ccccc2O/C(=C\C(=O)OC(C)(C)C)C(=O)OC(C)(C)C)cc1. The summed E-state index contributed by atoms with van der Waals surface area (Å²) in [5, 5.41) is 2.85. The van der Waals surface area contributed by atoms with Gasteiger partial charge >= 0.3 is 11.9 Å². The van der Waals surface area contributed by atoms with Crippen molar-refractivity contribution in [3.8, 4) is 5.75 Å². The fourth-order valence-corrected chi connectivity index (χ4v) is 3.98. The topological polar surface area (TPSA) is 90.9 Å². The minimum Gasteiger partial charge on any atom is -0.457 e. The minimum atomic E-state index is -0.832. The molecule has 1 amide bonds. The number of esters is 2. The Hall–Kier alpha value is -3.61. The van der Waals surface area contributed by atoms with Gasteiger partial charge in [-0.15, -0.1) is 0 Å². The first kappa shape index (κ1) is 33.6. The van der Waals surface area contributed by atoms with Gasteiger partial charge in [0.05, 0.1) is 11.8 Å². The molecule has 0 atom stereocenters. The van der Waals surface area contributed by atoms with Crippen LogP contribution in [0.5, 0.6) is 5.75 Å². The fraction of sp³-hybridized carbons (Fsp3) is 0.500. The molecule has 0 aliphatic carbocycles.